The molecule has 0 aliphatic heterocycles. The quantitative estimate of drug-likeness (QED) is 0.0651. The Bertz CT molecular complexity index is 1800. The highest BCUT2D eigenvalue weighted by molar-refractivity contribution is 9.10. The van der Waals surface area contributed by atoms with Crippen LogP contribution in [0, 0.1) is 11.6 Å². The van der Waals surface area contributed by atoms with Crippen LogP contribution < -0.4 is 15.2 Å². The molecule has 61 heavy (non-hydrogen) atoms. The van der Waals surface area contributed by atoms with Crippen molar-refractivity contribution < 1.29 is 62.6 Å². The van der Waals surface area contributed by atoms with Crippen molar-refractivity contribution in [3.8, 4) is 11.5 Å². The lowest BCUT2D eigenvalue weighted by Gasteiger charge is -2.10. The molecule has 0 radical (unpaired) electrons. The van der Waals surface area contributed by atoms with E-state index in [2.05, 4.69) is 68.5 Å². The molecule has 0 spiro atoms. The van der Waals surface area contributed by atoms with Crippen molar-refractivity contribution in [1.29, 1.82) is 0 Å². The second-order valence-corrected chi connectivity index (χ2v) is 16.0. The summed E-state index contributed by atoms with van der Waals surface area (Å²) in [6, 6.07) is 17.8. The number of rotatable bonds is 17. The lowest BCUT2D eigenvalue weighted by Crippen LogP contribution is -2.17. The molecule has 340 valence electrons. The summed E-state index contributed by atoms with van der Waals surface area (Å²) in [4.78, 5) is 11.1. The molecule has 4 rings (SSSR count). The molecule has 2 N–H and O–H groups in total. The highest BCUT2D eigenvalue weighted by Gasteiger charge is 2.31. The minimum absolute atomic E-state index is 0.152. The zero-order chi connectivity index (χ0) is 46.1. The molecule has 4 nitrogen and oxygen atoms in total. The van der Waals surface area contributed by atoms with Gasteiger partial charge in [0.2, 0.25) is 0 Å². The Morgan fingerprint density at radius 1 is 0.557 bits per heavy atom. The van der Waals surface area contributed by atoms with Crippen LogP contribution >= 0.6 is 63.7 Å². The molecule has 0 heterocycles. The molecule has 1 amide bonds. The average molecular weight is 1140 g/mol. The van der Waals surface area contributed by atoms with Gasteiger partial charge < -0.3 is 15.2 Å². The van der Waals surface area contributed by atoms with Gasteiger partial charge in [-0.25, -0.2) is 8.78 Å². The van der Waals surface area contributed by atoms with E-state index in [4.69, 9.17) is 10.5 Å². The molecule has 0 aliphatic rings. The fraction of sp³-hybridized carbons (Fsp3) is 0.405. The fourth-order valence-corrected chi connectivity index (χ4v) is 6.26. The first kappa shape index (κ1) is 56.1. The van der Waals surface area contributed by atoms with Gasteiger partial charge in [-0.15, -0.1) is 13.2 Å². The first-order valence-corrected chi connectivity index (χ1v) is 22.7. The number of primary amides is 1. The van der Waals surface area contributed by atoms with E-state index in [1.165, 1.54) is 37.1 Å². The predicted octanol–water partition coefficient (Wildman–Crippen LogP) is 15.6. The van der Waals surface area contributed by atoms with Crippen molar-refractivity contribution in [2.75, 3.05) is 22.6 Å². The molecule has 4 aromatic rings. The van der Waals surface area contributed by atoms with Crippen molar-refractivity contribution in [2.24, 2.45) is 5.73 Å². The van der Waals surface area contributed by atoms with E-state index < -0.39 is 52.9 Å². The van der Waals surface area contributed by atoms with Gasteiger partial charge in [-0.3, -0.25) is 4.79 Å². The van der Waals surface area contributed by atoms with Gasteiger partial charge in [-0.05, 0) is 130 Å². The molecule has 0 unspecified atom stereocenters. The number of halogens is 15. The fourth-order valence-electron chi connectivity index (χ4n) is 4.81. The van der Waals surface area contributed by atoms with E-state index in [0.29, 0.717) is 23.7 Å². The summed E-state index contributed by atoms with van der Waals surface area (Å²) < 4.78 is 146. The topological polar surface area (TPSA) is 61.6 Å². The minimum atomic E-state index is -4.72. The number of carbonyl (C=O) groups excluding carboxylic acids is 1. The average Bonchev–Trinajstić information content (AvgIpc) is 3.18. The lowest BCUT2D eigenvalue weighted by atomic mass is 10.1. The van der Waals surface area contributed by atoms with Crippen molar-refractivity contribution in [1.82, 2.24) is 0 Å². The maximum Gasteiger partial charge on any atom is 0.573 e. The zero-order valence-corrected chi connectivity index (χ0v) is 38.8. The number of hydrogen-bond acceptors (Lipinski definition) is 3. The Hall–Kier alpha value is -2.90. The van der Waals surface area contributed by atoms with Gasteiger partial charge in [0.15, 0.2) is 11.6 Å². The summed E-state index contributed by atoms with van der Waals surface area (Å²) >= 11 is 13.0. The monoisotopic (exact) mass is 1130 g/mol. The normalized spacial score (nSPS) is 11.3. The number of aryl methyl sites for hydroxylation is 2. The summed E-state index contributed by atoms with van der Waals surface area (Å²) in [7, 11) is 0. The van der Waals surface area contributed by atoms with Crippen LogP contribution in [-0.2, 0) is 25.2 Å². The summed E-state index contributed by atoms with van der Waals surface area (Å²) in [5, 5.41) is 3.26. The van der Waals surface area contributed by atoms with Gasteiger partial charge in [-0.2, -0.15) is 26.3 Å². The highest BCUT2D eigenvalue weighted by atomic mass is 79.9. The predicted molar refractivity (Wildman–Crippen MR) is 230 cm³/mol. The number of carbonyl (C=O) groups is 1. The van der Waals surface area contributed by atoms with Crippen LogP contribution in [0.5, 0.6) is 11.5 Å². The molecule has 0 bridgehead atoms. The Kier molecular flexibility index (Phi) is 27.1. The van der Waals surface area contributed by atoms with E-state index in [-0.39, 0.29) is 18.1 Å². The SMILES string of the molecule is BrCCCCBr.FC(F)(F)c1ccc(Br)cc1.FC(F)(F)c1ccc(CCCCCBr)cc1.NC(=O)c1c(F)ccc(OCCCCCc2ccc(OC(F)(F)F)cc2)c1F. The molecule has 0 aliphatic carbocycles. The number of benzene rings is 4. The number of unbranched alkanes of at least 4 members (excludes halogenated alkanes) is 5. The van der Waals surface area contributed by atoms with Gasteiger partial charge in [0, 0.05) is 20.5 Å². The maximum absolute atomic E-state index is 14.0. The van der Waals surface area contributed by atoms with Gasteiger partial charge in [0.25, 0.3) is 5.91 Å². The van der Waals surface area contributed by atoms with E-state index >= 15 is 0 Å². The van der Waals surface area contributed by atoms with Crippen LogP contribution in [0.1, 0.15) is 84.0 Å². The molecule has 4 aromatic carbocycles. The van der Waals surface area contributed by atoms with E-state index in [1.807, 2.05) is 0 Å². The van der Waals surface area contributed by atoms with Crippen LogP contribution in [0.2, 0.25) is 0 Å². The lowest BCUT2D eigenvalue weighted by molar-refractivity contribution is -0.274. The summed E-state index contributed by atoms with van der Waals surface area (Å²) in [5.41, 5.74) is 4.73. The summed E-state index contributed by atoms with van der Waals surface area (Å²) in [6.07, 6.45) is -3.86. The van der Waals surface area contributed by atoms with E-state index in [9.17, 15) is 53.1 Å². The van der Waals surface area contributed by atoms with Gasteiger partial charge >= 0.3 is 18.7 Å². The molecule has 0 atom stereocenters. The zero-order valence-electron chi connectivity index (χ0n) is 32.5. The third kappa shape index (κ3) is 25.1. The molecular weight excluding hydrogens is 1100 g/mol. The Balaban J connectivity index is 0.000000471. The minimum Gasteiger partial charge on any atom is -0.490 e. The molecule has 0 saturated carbocycles. The first-order chi connectivity index (χ1) is 28.6. The Morgan fingerprint density at radius 2 is 0.984 bits per heavy atom. The summed E-state index contributed by atoms with van der Waals surface area (Å²) in [6.45, 7) is 0.152. The van der Waals surface area contributed by atoms with Gasteiger partial charge in [0.05, 0.1) is 17.7 Å². The van der Waals surface area contributed by atoms with Crippen LogP contribution in [0.25, 0.3) is 0 Å². The van der Waals surface area contributed by atoms with Crippen molar-refractivity contribution in [3.05, 3.63) is 129 Å². The maximum atomic E-state index is 14.0. The van der Waals surface area contributed by atoms with Crippen LogP contribution in [0.3, 0.4) is 0 Å². The number of alkyl halides is 12. The number of ether oxygens (including phenoxy) is 2. The standard InChI is InChI=1S/C19H18F5NO3.C12H14BrF3.C7H4BrF3.C4H8Br2/c20-14-9-10-15(17(21)16(14)18(25)26)27-11-3-1-2-4-12-5-7-13(8-6-12)28-19(22,23)24;13-9-3-1-2-4-10-5-7-11(8-6-10)12(14,15)16;8-6-3-1-5(2-4-6)7(9,10)11;5-3-1-2-4-6/h5-10H,1-4,11H2,(H2,25,26);5-8H,1-4,9H2;1-4H;1-4H2. The van der Waals surface area contributed by atoms with E-state index in [0.717, 1.165) is 95.6 Å². The van der Waals surface area contributed by atoms with Crippen molar-refractivity contribution >= 4 is 69.6 Å². The van der Waals surface area contributed by atoms with Crippen LogP contribution in [0.4, 0.5) is 48.3 Å². The molecule has 0 aromatic heterocycles. The molecule has 0 saturated heterocycles. The second kappa shape index (κ2) is 29.5. The largest absolute Gasteiger partial charge is 0.573 e. The number of amides is 1. The Labute approximate surface area is 381 Å². The Morgan fingerprint density at radius 3 is 1.41 bits per heavy atom. The highest BCUT2D eigenvalue weighted by Crippen LogP contribution is 2.31. The van der Waals surface area contributed by atoms with Crippen molar-refractivity contribution in [2.45, 2.75) is 82.9 Å². The molecule has 0 fully saturated rings. The van der Waals surface area contributed by atoms with Crippen molar-refractivity contribution in [3.63, 3.8) is 0 Å². The van der Waals surface area contributed by atoms with Crippen LogP contribution in [-0.4, -0.2) is 34.9 Å². The third-order valence-corrected chi connectivity index (χ3v) is 10.1. The molecular formula is C42H44Br4F11NO3. The van der Waals surface area contributed by atoms with Gasteiger partial charge in [-0.1, -0.05) is 94.4 Å². The number of nitrogens with two attached hydrogens (primary N) is 1. The van der Waals surface area contributed by atoms with Gasteiger partial charge in [0.1, 0.15) is 17.1 Å². The van der Waals surface area contributed by atoms with E-state index in [1.54, 1.807) is 24.3 Å². The summed E-state index contributed by atoms with van der Waals surface area (Å²) in [5.74, 6) is -3.93. The third-order valence-electron chi connectivity index (χ3n) is 7.90. The second-order valence-electron chi connectivity index (χ2n) is 12.7. The first-order valence-electron chi connectivity index (χ1n) is 18.5. The smallest absolute Gasteiger partial charge is 0.490 e. The van der Waals surface area contributed by atoms with Crippen LogP contribution in [0.15, 0.2) is 89.4 Å². The number of hydrogen-bond donors (Lipinski definition) is 1. The molecule has 19 heteroatoms.